The van der Waals surface area contributed by atoms with E-state index in [2.05, 4.69) is 12.1 Å². The van der Waals surface area contributed by atoms with Crippen LogP contribution in [0, 0.1) is 10.8 Å². The second-order valence-electron chi connectivity index (χ2n) is 4.93. The molecule has 0 saturated carbocycles. The van der Waals surface area contributed by atoms with E-state index in [1.54, 1.807) is 7.11 Å². The van der Waals surface area contributed by atoms with Crippen LogP contribution in [-0.2, 0) is 0 Å². The fourth-order valence-electron chi connectivity index (χ4n) is 1.51. The zero-order chi connectivity index (χ0) is 13.6. The lowest BCUT2D eigenvalue weighted by molar-refractivity contribution is 0.414. The van der Waals surface area contributed by atoms with Crippen molar-refractivity contribution in [3.05, 3.63) is 24.3 Å². The Morgan fingerprint density at radius 1 is 1.33 bits per heavy atom. The Kier molecular flexibility index (Phi) is 5.54. The molecule has 18 heavy (non-hydrogen) atoms. The van der Waals surface area contributed by atoms with Gasteiger partial charge in [-0.05, 0) is 42.9 Å². The average Bonchev–Trinajstić information content (AvgIpc) is 2.35. The maximum absolute atomic E-state index is 7.50. The number of thioether (sulfide) groups is 1. The van der Waals surface area contributed by atoms with E-state index in [1.165, 1.54) is 4.90 Å². The Morgan fingerprint density at radius 2 is 1.94 bits per heavy atom. The maximum Gasteiger partial charge on any atom is 0.118 e. The molecule has 100 valence electrons. The smallest absolute Gasteiger partial charge is 0.118 e. The molecule has 0 aliphatic rings. The van der Waals surface area contributed by atoms with Gasteiger partial charge in [0.25, 0.3) is 0 Å². The van der Waals surface area contributed by atoms with E-state index in [0.29, 0.717) is 0 Å². The zero-order valence-electron chi connectivity index (χ0n) is 11.3. The monoisotopic (exact) mass is 266 g/mol. The normalized spacial score (nSPS) is 11.3. The fourth-order valence-corrected chi connectivity index (χ4v) is 2.36. The number of ether oxygens (including phenoxy) is 1. The van der Waals surface area contributed by atoms with E-state index in [1.807, 2.05) is 37.7 Å². The van der Waals surface area contributed by atoms with Gasteiger partial charge in [0.05, 0.1) is 12.9 Å². The number of rotatable bonds is 7. The summed E-state index contributed by atoms with van der Waals surface area (Å²) >= 11 is 1.83. The van der Waals surface area contributed by atoms with Crippen LogP contribution in [0.2, 0.25) is 0 Å². The number of hydrogen-bond acceptors (Lipinski definition) is 3. The summed E-state index contributed by atoms with van der Waals surface area (Å²) in [4.78, 5) is 1.25. The van der Waals surface area contributed by atoms with Crippen molar-refractivity contribution in [3.63, 3.8) is 0 Å². The molecule has 0 bridgehead atoms. The van der Waals surface area contributed by atoms with E-state index in [0.717, 1.165) is 24.3 Å². The minimum atomic E-state index is -0.180. The van der Waals surface area contributed by atoms with Crippen LogP contribution < -0.4 is 10.5 Å². The van der Waals surface area contributed by atoms with E-state index in [4.69, 9.17) is 15.9 Å². The van der Waals surface area contributed by atoms with Gasteiger partial charge in [-0.3, -0.25) is 5.41 Å². The van der Waals surface area contributed by atoms with Gasteiger partial charge < -0.3 is 10.5 Å². The van der Waals surface area contributed by atoms with Crippen LogP contribution in [0.25, 0.3) is 0 Å². The lowest BCUT2D eigenvalue weighted by Gasteiger charge is -2.22. The number of hydrogen-bond donors (Lipinski definition) is 2. The highest BCUT2D eigenvalue weighted by molar-refractivity contribution is 7.99. The highest BCUT2D eigenvalue weighted by Crippen LogP contribution is 2.26. The van der Waals surface area contributed by atoms with Crippen molar-refractivity contribution in [2.24, 2.45) is 11.1 Å². The van der Waals surface area contributed by atoms with E-state index < -0.39 is 0 Å². The molecule has 3 nitrogen and oxygen atoms in total. The Balaban J connectivity index is 2.31. The first kappa shape index (κ1) is 14.9. The third kappa shape index (κ3) is 4.61. The quantitative estimate of drug-likeness (QED) is 0.343. The van der Waals surface area contributed by atoms with Crippen molar-refractivity contribution in [3.8, 4) is 5.75 Å². The molecule has 0 unspecified atom stereocenters. The molecule has 3 N–H and O–H groups in total. The van der Waals surface area contributed by atoms with Gasteiger partial charge in [-0.1, -0.05) is 13.8 Å². The van der Waals surface area contributed by atoms with Crippen molar-refractivity contribution in [1.82, 2.24) is 0 Å². The first-order valence-electron chi connectivity index (χ1n) is 6.07. The first-order chi connectivity index (χ1) is 8.45. The molecule has 0 fully saturated rings. The largest absolute Gasteiger partial charge is 0.497 e. The number of amidine groups is 1. The number of benzene rings is 1. The maximum atomic E-state index is 7.50. The third-order valence-corrected chi connectivity index (χ3v) is 4.10. The third-order valence-electron chi connectivity index (χ3n) is 3.00. The van der Waals surface area contributed by atoms with E-state index in [-0.39, 0.29) is 11.3 Å². The number of methoxy groups -OCH3 is 1. The second-order valence-corrected chi connectivity index (χ2v) is 6.09. The lowest BCUT2D eigenvalue weighted by atomic mass is 9.87. The highest BCUT2D eigenvalue weighted by atomic mass is 32.2. The van der Waals surface area contributed by atoms with Crippen molar-refractivity contribution in [2.75, 3.05) is 12.9 Å². The highest BCUT2D eigenvalue weighted by Gasteiger charge is 2.20. The molecule has 0 heterocycles. The van der Waals surface area contributed by atoms with Gasteiger partial charge >= 0.3 is 0 Å². The lowest BCUT2D eigenvalue weighted by Crippen LogP contribution is -2.30. The fraction of sp³-hybridized carbons (Fsp3) is 0.500. The predicted molar refractivity (Wildman–Crippen MR) is 78.6 cm³/mol. The van der Waals surface area contributed by atoms with Gasteiger partial charge in [0.2, 0.25) is 0 Å². The minimum Gasteiger partial charge on any atom is -0.497 e. The van der Waals surface area contributed by atoms with Crippen molar-refractivity contribution < 1.29 is 4.74 Å². The molecule has 0 saturated heterocycles. The first-order valence-corrected chi connectivity index (χ1v) is 7.05. The number of nitrogens with one attached hydrogen (secondary N) is 1. The van der Waals surface area contributed by atoms with Crippen LogP contribution in [0.15, 0.2) is 29.2 Å². The average molecular weight is 266 g/mol. The summed E-state index contributed by atoms with van der Waals surface area (Å²) in [5.74, 6) is 2.21. The van der Waals surface area contributed by atoms with Crippen molar-refractivity contribution in [2.45, 2.75) is 31.6 Å². The molecule has 0 aliphatic carbocycles. The van der Waals surface area contributed by atoms with Crippen molar-refractivity contribution in [1.29, 1.82) is 5.41 Å². The molecule has 0 atom stereocenters. The summed E-state index contributed by atoms with van der Waals surface area (Å²) < 4.78 is 5.12. The van der Waals surface area contributed by atoms with Gasteiger partial charge in [-0.15, -0.1) is 11.8 Å². The summed E-state index contributed by atoms with van der Waals surface area (Å²) in [5.41, 5.74) is 5.38. The molecular formula is C14H22N2OS. The molecule has 0 radical (unpaired) electrons. The van der Waals surface area contributed by atoms with Gasteiger partial charge in [-0.2, -0.15) is 0 Å². The minimum absolute atomic E-state index is 0.180. The molecule has 4 heteroatoms. The van der Waals surface area contributed by atoms with Gasteiger partial charge in [0, 0.05) is 10.3 Å². The van der Waals surface area contributed by atoms with Gasteiger partial charge in [-0.25, -0.2) is 0 Å². The SMILES string of the molecule is COc1ccc(SCCCC(C)(C)C(=N)N)cc1. The molecule has 1 aromatic carbocycles. The summed E-state index contributed by atoms with van der Waals surface area (Å²) in [6, 6.07) is 8.09. The Morgan fingerprint density at radius 3 is 2.44 bits per heavy atom. The van der Waals surface area contributed by atoms with Gasteiger partial charge in [0.15, 0.2) is 0 Å². The molecule has 1 aromatic rings. The zero-order valence-corrected chi connectivity index (χ0v) is 12.1. The Bertz CT molecular complexity index is 387. The Hall–Kier alpha value is -1.16. The van der Waals surface area contributed by atoms with Crippen LogP contribution in [0.1, 0.15) is 26.7 Å². The molecule has 1 rings (SSSR count). The van der Waals surface area contributed by atoms with Crippen LogP contribution in [0.3, 0.4) is 0 Å². The number of nitrogens with two attached hydrogens (primary N) is 1. The molecule has 0 amide bonds. The molecule has 0 aliphatic heterocycles. The topological polar surface area (TPSA) is 59.1 Å². The predicted octanol–water partition coefficient (Wildman–Crippen LogP) is 3.53. The molecule has 0 spiro atoms. The Labute approximate surface area is 114 Å². The summed E-state index contributed by atoms with van der Waals surface area (Å²) in [5, 5.41) is 7.50. The second kappa shape index (κ2) is 6.69. The van der Waals surface area contributed by atoms with Gasteiger partial charge in [0.1, 0.15) is 5.75 Å². The summed E-state index contributed by atoms with van der Waals surface area (Å²) in [6.07, 6.45) is 2.01. The van der Waals surface area contributed by atoms with Crippen LogP contribution >= 0.6 is 11.8 Å². The van der Waals surface area contributed by atoms with Crippen LogP contribution in [0.5, 0.6) is 5.75 Å². The standard InChI is InChI=1S/C14H22N2OS/c1-14(2,13(15)16)9-4-10-18-12-7-5-11(17-3)6-8-12/h5-8H,4,9-10H2,1-3H3,(H3,15,16). The van der Waals surface area contributed by atoms with Crippen molar-refractivity contribution >= 4 is 17.6 Å². The van der Waals surface area contributed by atoms with E-state index in [9.17, 15) is 0 Å². The van der Waals surface area contributed by atoms with Crippen LogP contribution in [-0.4, -0.2) is 18.7 Å². The van der Waals surface area contributed by atoms with E-state index >= 15 is 0 Å². The molecular weight excluding hydrogens is 244 g/mol. The van der Waals surface area contributed by atoms with Crippen LogP contribution in [0.4, 0.5) is 0 Å². The molecule has 0 aromatic heterocycles. The summed E-state index contributed by atoms with van der Waals surface area (Å²) in [6.45, 7) is 4.04. The summed E-state index contributed by atoms with van der Waals surface area (Å²) in [7, 11) is 1.67.